The summed E-state index contributed by atoms with van der Waals surface area (Å²) in [6.07, 6.45) is 6.99. The molecule has 0 aliphatic heterocycles. The van der Waals surface area contributed by atoms with E-state index in [9.17, 15) is 9.90 Å². The number of aromatic hydroxyl groups is 1. The van der Waals surface area contributed by atoms with E-state index in [-0.39, 0.29) is 11.3 Å². The Morgan fingerprint density at radius 2 is 2.14 bits per heavy atom. The molecule has 0 aliphatic rings. The zero-order chi connectivity index (χ0) is 10.6. The molecule has 1 N–H and O–H groups in total. The smallest absolute Gasteiger partial charge is 0.342 e. The van der Waals surface area contributed by atoms with E-state index < -0.39 is 5.63 Å². The van der Waals surface area contributed by atoms with Crippen LogP contribution in [0.4, 0.5) is 0 Å². The Balaban J connectivity index is 3.07. The van der Waals surface area contributed by atoms with E-state index in [1.54, 1.807) is 18.2 Å². The van der Waals surface area contributed by atoms with Crippen molar-refractivity contribution >= 4 is 6.08 Å². The first kappa shape index (κ1) is 10.3. The molecule has 0 aromatic carbocycles. The number of rotatable bonds is 2. The minimum absolute atomic E-state index is 0.0404. The molecule has 1 aromatic rings. The van der Waals surface area contributed by atoms with Gasteiger partial charge >= 0.3 is 5.63 Å². The van der Waals surface area contributed by atoms with Crippen LogP contribution in [0, 0.1) is 6.92 Å². The van der Waals surface area contributed by atoms with E-state index >= 15 is 0 Å². The van der Waals surface area contributed by atoms with Crippen molar-refractivity contribution < 1.29 is 9.52 Å². The van der Waals surface area contributed by atoms with Gasteiger partial charge in [-0.05, 0) is 19.9 Å². The predicted molar refractivity (Wildman–Crippen MR) is 55.2 cm³/mol. The fourth-order valence-corrected chi connectivity index (χ4v) is 0.904. The lowest BCUT2D eigenvalue weighted by Crippen LogP contribution is -2.03. The van der Waals surface area contributed by atoms with Crippen LogP contribution in [0.5, 0.6) is 5.75 Å². The number of allylic oxidation sites excluding steroid dienone is 3. The van der Waals surface area contributed by atoms with Gasteiger partial charge in [0.25, 0.3) is 0 Å². The quantitative estimate of drug-likeness (QED) is 0.731. The lowest BCUT2D eigenvalue weighted by Gasteiger charge is -1.97. The van der Waals surface area contributed by atoms with Crippen LogP contribution in [0.25, 0.3) is 6.08 Å². The van der Waals surface area contributed by atoms with Gasteiger partial charge in [0.05, 0.1) is 5.56 Å². The molecule has 0 aliphatic carbocycles. The van der Waals surface area contributed by atoms with Crippen LogP contribution < -0.4 is 5.63 Å². The van der Waals surface area contributed by atoms with Crippen molar-refractivity contribution in [2.75, 3.05) is 0 Å². The Labute approximate surface area is 82.0 Å². The second-order valence-electron chi connectivity index (χ2n) is 2.83. The summed E-state index contributed by atoms with van der Waals surface area (Å²) < 4.78 is 4.90. The van der Waals surface area contributed by atoms with Crippen molar-refractivity contribution in [3.05, 3.63) is 46.0 Å². The minimum atomic E-state index is -0.509. The Bertz CT molecular complexity index is 425. The van der Waals surface area contributed by atoms with Gasteiger partial charge < -0.3 is 9.52 Å². The summed E-state index contributed by atoms with van der Waals surface area (Å²) >= 11 is 0. The molecule has 0 saturated carbocycles. The fourth-order valence-electron chi connectivity index (χ4n) is 0.904. The second-order valence-corrected chi connectivity index (χ2v) is 2.83. The summed E-state index contributed by atoms with van der Waals surface area (Å²) in [7, 11) is 0. The molecule has 0 amide bonds. The SMILES string of the molecule is CC=CC=Cc1cc(O)c(C)c(=O)o1. The third-order valence-corrected chi connectivity index (χ3v) is 1.74. The predicted octanol–water partition coefficient (Wildman–Crippen LogP) is 2.24. The monoisotopic (exact) mass is 192 g/mol. The van der Waals surface area contributed by atoms with Gasteiger partial charge in [-0.3, -0.25) is 0 Å². The highest BCUT2D eigenvalue weighted by atomic mass is 16.4. The van der Waals surface area contributed by atoms with E-state index in [1.807, 2.05) is 13.0 Å². The summed E-state index contributed by atoms with van der Waals surface area (Å²) in [4.78, 5) is 11.1. The standard InChI is InChI=1S/C11H12O3/c1-3-4-5-6-9-7-10(12)8(2)11(13)14-9/h3-7,12H,1-2H3. The molecule has 14 heavy (non-hydrogen) atoms. The van der Waals surface area contributed by atoms with Crippen LogP contribution in [-0.4, -0.2) is 5.11 Å². The molecule has 1 aromatic heterocycles. The van der Waals surface area contributed by atoms with E-state index in [4.69, 9.17) is 4.42 Å². The molecule has 0 radical (unpaired) electrons. The van der Waals surface area contributed by atoms with Gasteiger partial charge in [0.2, 0.25) is 0 Å². The molecule has 0 atom stereocenters. The normalized spacial score (nSPS) is 11.6. The molecule has 0 saturated heterocycles. The van der Waals surface area contributed by atoms with E-state index in [0.29, 0.717) is 5.76 Å². The third kappa shape index (κ3) is 2.36. The molecule has 0 unspecified atom stereocenters. The minimum Gasteiger partial charge on any atom is -0.507 e. The Hall–Kier alpha value is -1.77. The zero-order valence-electron chi connectivity index (χ0n) is 8.15. The molecular weight excluding hydrogens is 180 g/mol. The number of hydrogen-bond donors (Lipinski definition) is 1. The maximum Gasteiger partial charge on any atom is 0.342 e. The highest BCUT2D eigenvalue weighted by Crippen LogP contribution is 2.14. The lowest BCUT2D eigenvalue weighted by atomic mass is 10.2. The van der Waals surface area contributed by atoms with Gasteiger partial charge in [-0.15, -0.1) is 0 Å². The average Bonchev–Trinajstić information content (AvgIpc) is 2.14. The molecule has 0 fully saturated rings. The molecule has 3 heteroatoms. The van der Waals surface area contributed by atoms with Crippen LogP contribution in [0.2, 0.25) is 0 Å². The Kier molecular flexibility index (Phi) is 3.29. The van der Waals surface area contributed by atoms with Crippen molar-refractivity contribution in [1.29, 1.82) is 0 Å². The van der Waals surface area contributed by atoms with Crippen molar-refractivity contribution in [2.24, 2.45) is 0 Å². The highest BCUT2D eigenvalue weighted by Gasteiger charge is 2.03. The zero-order valence-corrected chi connectivity index (χ0v) is 8.15. The van der Waals surface area contributed by atoms with E-state index in [1.165, 1.54) is 13.0 Å². The molecule has 0 spiro atoms. The highest BCUT2D eigenvalue weighted by molar-refractivity contribution is 5.48. The summed E-state index contributed by atoms with van der Waals surface area (Å²) in [6, 6.07) is 1.41. The van der Waals surface area contributed by atoms with Crippen LogP contribution in [-0.2, 0) is 0 Å². The van der Waals surface area contributed by atoms with Crippen LogP contribution in [0.3, 0.4) is 0 Å². The summed E-state index contributed by atoms with van der Waals surface area (Å²) in [5.41, 5.74) is -0.279. The Morgan fingerprint density at radius 3 is 2.71 bits per heavy atom. The van der Waals surface area contributed by atoms with E-state index in [2.05, 4.69) is 0 Å². The summed E-state index contributed by atoms with van der Waals surface area (Å²) in [5.74, 6) is 0.303. The molecule has 0 bridgehead atoms. The average molecular weight is 192 g/mol. The van der Waals surface area contributed by atoms with Crippen molar-refractivity contribution in [3.63, 3.8) is 0 Å². The van der Waals surface area contributed by atoms with Gasteiger partial charge in [0.1, 0.15) is 11.5 Å². The van der Waals surface area contributed by atoms with Gasteiger partial charge in [0.15, 0.2) is 0 Å². The van der Waals surface area contributed by atoms with Gasteiger partial charge in [0, 0.05) is 6.07 Å². The molecule has 1 heterocycles. The van der Waals surface area contributed by atoms with Gasteiger partial charge in [-0.1, -0.05) is 18.2 Å². The molecule has 3 nitrogen and oxygen atoms in total. The maximum atomic E-state index is 11.1. The first-order valence-corrected chi connectivity index (χ1v) is 4.28. The molecule has 1 rings (SSSR count). The van der Waals surface area contributed by atoms with Crippen molar-refractivity contribution in [3.8, 4) is 5.75 Å². The first-order valence-electron chi connectivity index (χ1n) is 4.28. The summed E-state index contributed by atoms with van der Waals surface area (Å²) in [5, 5.41) is 9.33. The van der Waals surface area contributed by atoms with E-state index in [0.717, 1.165) is 0 Å². The molecular formula is C11H12O3. The maximum absolute atomic E-state index is 11.1. The largest absolute Gasteiger partial charge is 0.507 e. The van der Waals surface area contributed by atoms with Gasteiger partial charge in [-0.25, -0.2) is 4.79 Å². The fraction of sp³-hybridized carbons (Fsp3) is 0.182. The van der Waals surface area contributed by atoms with Crippen LogP contribution in [0.1, 0.15) is 18.2 Å². The first-order chi connectivity index (χ1) is 6.65. The third-order valence-electron chi connectivity index (χ3n) is 1.74. The summed E-state index contributed by atoms with van der Waals surface area (Å²) in [6.45, 7) is 3.40. The second kappa shape index (κ2) is 4.46. The van der Waals surface area contributed by atoms with Crippen LogP contribution in [0.15, 0.2) is 33.5 Å². The lowest BCUT2D eigenvalue weighted by molar-refractivity contribution is 0.436. The number of hydrogen-bond acceptors (Lipinski definition) is 3. The van der Waals surface area contributed by atoms with Crippen LogP contribution >= 0.6 is 0 Å². The molecule has 74 valence electrons. The topological polar surface area (TPSA) is 50.4 Å². The van der Waals surface area contributed by atoms with Crippen molar-refractivity contribution in [1.82, 2.24) is 0 Å². The Morgan fingerprint density at radius 1 is 1.43 bits per heavy atom. The van der Waals surface area contributed by atoms with Crippen molar-refractivity contribution in [2.45, 2.75) is 13.8 Å². The van der Waals surface area contributed by atoms with Gasteiger partial charge in [-0.2, -0.15) is 0 Å².